The minimum Gasteiger partial charge on any atom is -0.497 e. The molecule has 0 saturated heterocycles. The molecular weight excluding hydrogens is 246 g/mol. The van der Waals surface area contributed by atoms with Crippen molar-refractivity contribution in [2.75, 3.05) is 27.7 Å². The maximum atomic E-state index is 5.44. The molecule has 1 aromatic carbocycles. The summed E-state index contributed by atoms with van der Waals surface area (Å²) in [6.45, 7) is 3.59. The van der Waals surface area contributed by atoms with Crippen LogP contribution in [0.15, 0.2) is 24.3 Å². The number of methoxy groups -OCH3 is 1. The molecule has 2 atom stereocenters. The van der Waals surface area contributed by atoms with Crippen molar-refractivity contribution in [3.63, 3.8) is 0 Å². The van der Waals surface area contributed by atoms with Gasteiger partial charge in [-0.15, -0.1) is 0 Å². The van der Waals surface area contributed by atoms with Gasteiger partial charge in [0.05, 0.1) is 7.11 Å². The molecular formula is C18H29NO. The minimum absolute atomic E-state index is 0.330. The van der Waals surface area contributed by atoms with Crippen LogP contribution in [0.2, 0.25) is 0 Å². The van der Waals surface area contributed by atoms with E-state index in [4.69, 9.17) is 4.74 Å². The van der Waals surface area contributed by atoms with Crippen molar-refractivity contribution in [2.24, 2.45) is 5.92 Å². The van der Waals surface area contributed by atoms with Gasteiger partial charge in [0.1, 0.15) is 5.75 Å². The Labute approximate surface area is 124 Å². The van der Waals surface area contributed by atoms with Crippen molar-refractivity contribution in [1.82, 2.24) is 4.90 Å². The van der Waals surface area contributed by atoms with E-state index in [1.165, 1.54) is 37.7 Å². The molecule has 0 radical (unpaired) electrons. The van der Waals surface area contributed by atoms with Gasteiger partial charge in [-0.25, -0.2) is 0 Å². The van der Waals surface area contributed by atoms with Crippen molar-refractivity contribution >= 4 is 0 Å². The molecule has 112 valence electrons. The Bertz CT molecular complexity index is 429. The van der Waals surface area contributed by atoms with Gasteiger partial charge in [-0.05, 0) is 68.9 Å². The topological polar surface area (TPSA) is 12.5 Å². The highest BCUT2D eigenvalue weighted by atomic mass is 16.5. The highest BCUT2D eigenvalue weighted by Gasteiger charge is 2.39. The van der Waals surface area contributed by atoms with Crippen LogP contribution in [-0.4, -0.2) is 32.6 Å². The lowest BCUT2D eigenvalue weighted by Gasteiger charge is -2.44. The summed E-state index contributed by atoms with van der Waals surface area (Å²) in [4.78, 5) is 2.31. The van der Waals surface area contributed by atoms with Crippen LogP contribution in [0.3, 0.4) is 0 Å². The Morgan fingerprint density at radius 2 is 2.10 bits per heavy atom. The van der Waals surface area contributed by atoms with Gasteiger partial charge in [0.15, 0.2) is 0 Å². The van der Waals surface area contributed by atoms with Gasteiger partial charge < -0.3 is 9.64 Å². The van der Waals surface area contributed by atoms with E-state index in [0.29, 0.717) is 5.41 Å². The Morgan fingerprint density at radius 3 is 2.75 bits per heavy atom. The van der Waals surface area contributed by atoms with Crippen molar-refractivity contribution in [2.45, 2.75) is 44.4 Å². The van der Waals surface area contributed by atoms with Gasteiger partial charge >= 0.3 is 0 Å². The molecule has 1 aliphatic rings. The van der Waals surface area contributed by atoms with Crippen LogP contribution in [0.1, 0.15) is 44.6 Å². The molecule has 2 heteroatoms. The van der Waals surface area contributed by atoms with Crippen LogP contribution in [0, 0.1) is 5.92 Å². The van der Waals surface area contributed by atoms with Crippen LogP contribution in [0.5, 0.6) is 5.75 Å². The standard InChI is InChI=1S/C18H29NO/c1-15-8-5-6-11-18(15,12-13-19(2)3)16-9-7-10-17(14-16)20-4/h7,9-10,14-15H,5-6,8,11-13H2,1-4H3/t15-,18-/m1/s1. The smallest absolute Gasteiger partial charge is 0.119 e. The van der Waals surface area contributed by atoms with E-state index < -0.39 is 0 Å². The van der Waals surface area contributed by atoms with E-state index >= 15 is 0 Å². The number of hydrogen-bond donors (Lipinski definition) is 0. The molecule has 1 fully saturated rings. The van der Waals surface area contributed by atoms with Gasteiger partial charge in [0.2, 0.25) is 0 Å². The zero-order valence-electron chi connectivity index (χ0n) is 13.5. The van der Waals surface area contributed by atoms with Gasteiger partial charge in [0, 0.05) is 0 Å². The summed E-state index contributed by atoms with van der Waals surface area (Å²) in [6.07, 6.45) is 6.65. The molecule has 0 amide bonds. The third-order valence-electron chi connectivity index (χ3n) is 5.10. The number of benzene rings is 1. The maximum absolute atomic E-state index is 5.44. The van der Waals surface area contributed by atoms with Gasteiger partial charge in [-0.3, -0.25) is 0 Å². The van der Waals surface area contributed by atoms with Crippen LogP contribution < -0.4 is 4.74 Å². The Hall–Kier alpha value is -1.02. The third-order valence-corrected chi connectivity index (χ3v) is 5.10. The molecule has 0 bridgehead atoms. The average Bonchev–Trinajstić information content (AvgIpc) is 2.46. The predicted molar refractivity (Wildman–Crippen MR) is 85.5 cm³/mol. The summed E-state index contributed by atoms with van der Waals surface area (Å²) < 4.78 is 5.44. The third kappa shape index (κ3) is 3.17. The number of hydrogen-bond acceptors (Lipinski definition) is 2. The van der Waals surface area contributed by atoms with E-state index in [0.717, 1.165) is 18.2 Å². The van der Waals surface area contributed by atoms with Crippen LogP contribution in [0.4, 0.5) is 0 Å². The SMILES string of the molecule is COc1cccc([C@@]2(CCN(C)C)CCCC[C@H]2C)c1. The first-order valence-electron chi connectivity index (χ1n) is 7.88. The molecule has 0 heterocycles. The summed E-state index contributed by atoms with van der Waals surface area (Å²) in [5.74, 6) is 1.74. The second kappa shape index (κ2) is 6.62. The highest BCUT2D eigenvalue weighted by Crippen LogP contribution is 2.46. The van der Waals surface area contributed by atoms with Crippen molar-refractivity contribution < 1.29 is 4.74 Å². The summed E-state index contributed by atoms with van der Waals surface area (Å²) in [7, 11) is 6.11. The summed E-state index contributed by atoms with van der Waals surface area (Å²) in [6, 6.07) is 8.76. The number of ether oxygens (including phenoxy) is 1. The monoisotopic (exact) mass is 275 g/mol. The second-order valence-electron chi connectivity index (χ2n) is 6.59. The van der Waals surface area contributed by atoms with Gasteiger partial charge in [-0.2, -0.15) is 0 Å². The molecule has 20 heavy (non-hydrogen) atoms. The van der Waals surface area contributed by atoms with E-state index in [1.54, 1.807) is 7.11 Å². The number of nitrogens with zero attached hydrogens (tertiary/aromatic N) is 1. The Balaban J connectivity index is 2.33. The molecule has 0 N–H and O–H groups in total. The summed E-state index contributed by atoms with van der Waals surface area (Å²) >= 11 is 0. The van der Waals surface area contributed by atoms with Crippen LogP contribution in [-0.2, 0) is 5.41 Å². The maximum Gasteiger partial charge on any atom is 0.119 e. The van der Waals surface area contributed by atoms with E-state index in [-0.39, 0.29) is 0 Å². The van der Waals surface area contributed by atoms with Crippen molar-refractivity contribution in [3.05, 3.63) is 29.8 Å². The molecule has 1 aliphatic carbocycles. The normalized spacial score (nSPS) is 26.8. The molecule has 1 saturated carbocycles. The minimum atomic E-state index is 0.330. The highest BCUT2D eigenvalue weighted by molar-refractivity contribution is 5.35. The Morgan fingerprint density at radius 1 is 1.30 bits per heavy atom. The van der Waals surface area contributed by atoms with E-state index in [9.17, 15) is 0 Å². The zero-order valence-corrected chi connectivity index (χ0v) is 13.5. The summed E-state index contributed by atoms with van der Waals surface area (Å²) in [5, 5.41) is 0. The molecule has 1 aromatic rings. The first-order chi connectivity index (χ1) is 9.58. The molecule has 0 spiro atoms. The van der Waals surface area contributed by atoms with Crippen LogP contribution in [0.25, 0.3) is 0 Å². The lowest BCUT2D eigenvalue weighted by Crippen LogP contribution is -2.39. The van der Waals surface area contributed by atoms with Crippen molar-refractivity contribution in [3.8, 4) is 5.75 Å². The first kappa shape index (κ1) is 15.4. The Kier molecular flexibility index (Phi) is 5.09. The average molecular weight is 275 g/mol. The predicted octanol–water partition coefficient (Wildman–Crippen LogP) is 4.09. The lowest BCUT2D eigenvalue weighted by molar-refractivity contribution is 0.169. The molecule has 2 rings (SSSR count). The first-order valence-corrected chi connectivity index (χ1v) is 7.88. The van der Waals surface area contributed by atoms with Crippen LogP contribution >= 0.6 is 0 Å². The van der Waals surface area contributed by atoms with Gasteiger partial charge in [-0.1, -0.05) is 31.9 Å². The molecule has 2 nitrogen and oxygen atoms in total. The lowest BCUT2D eigenvalue weighted by atomic mass is 9.61. The fourth-order valence-corrected chi connectivity index (χ4v) is 3.71. The molecule has 0 unspecified atom stereocenters. The van der Waals surface area contributed by atoms with Gasteiger partial charge in [0.25, 0.3) is 0 Å². The largest absolute Gasteiger partial charge is 0.497 e. The quantitative estimate of drug-likeness (QED) is 0.802. The molecule has 0 aromatic heterocycles. The fourth-order valence-electron chi connectivity index (χ4n) is 3.71. The number of rotatable bonds is 5. The summed E-state index contributed by atoms with van der Waals surface area (Å²) in [5.41, 5.74) is 1.81. The van der Waals surface area contributed by atoms with E-state index in [1.807, 2.05) is 0 Å². The second-order valence-corrected chi connectivity index (χ2v) is 6.59. The van der Waals surface area contributed by atoms with Crippen molar-refractivity contribution in [1.29, 1.82) is 0 Å². The van der Waals surface area contributed by atoms with E-state index in [2.05, 4.69) is 50.2 Å². The fraction of sp³-hybridized carbons (Fsp3) is 0.667. The zero-order chi connectivity index (χ0) is 14.6. The molecule has 0 aliphatic heterocycles.